The van der Waals surface area contributed by atoms with Gasteiger partial charge in [-0.1, -0.05) is 30.0 Å². The summed E-state index contributed by atoms with van der Waals surface area (Å²) in [6, 6.07) is 18.7. The first-order valence-corrected chi connectivity index (χ1v) is 10.8. The van der Waals surface area contributed by atoms with Gasteiger partial charge in [0.05, 0.1) is 18.4 Å². The van der Waals surface area contributed by atoms with Crippen LogP contribution in [0, 0.1) is 11.8 Å². The number of nitrogens with zero attached hydrogens (tertiary/aromatic N) is 1. The van der Waals surface area contributed by atoms with Gasteiger partial charge in [0.15, 0.2) is 11.5 Å². The largest absolute Gasteiger partial charge is 0.486 e. The Kier molecular flexibility index (Phi) is 6.29. The van der Waals surface area contributed by atoms with Crippen molar-refractivity contribution in [3.8, 4) is 23.3 Å². The van der Waals surface area contributed by atoms with Crippen molar-refractivity contribution in [1.82, 2.24) is 0 Å². The summed E-state index contributed by atoms with van der Waals surface area (Å²) in [5, 5.41) is 0. The highest BCUT2D eigenvalue weighted by atomic mass is 32.2. The van der Waals surface area contributed by atoms with E-state index in [2.05, 4.69) is 11.8 Å². The van der Waals surface area contributed by atoms with E-state index in [4.69, 9.17) is 14.2 Å². The van der Waals surface area contributed by atoms with Gasteiger partial charge >= 0.3 is 5.97 Å². The predicted octanol–water partition coefficient (Wildman–Crippen LogP) is 3.31. The van der Waals surface area contributed by atoms with E-state index in [9.17, 15) is 13.2 Å². The van der Waals surface area contributed by atoms with Gasteiger partial charge in [0, 0.05) is 11.1 Å². The Hall–Kier alpha value is -3.96. The average Bonchev–Trinajstić information content (AvgIpc) is 2.83. The van der Waals surface area contributed by atoms with Crippen LogP contribution in [0.5, 0.6) is 11.5 Å². The van der Waals surface area contributed by atoms with Crippen LogP contribution in [-0.4, -0.2) is 34.7 Å². The van der Waals surface area contributed by atoms with E-state index >= 15 is 0 Å². The third-order valence-electron chi connectivity index (χ3n) is 4.72. The molecule has 0 atom stereocenters. The van der Waals surface area contributed by atoms with Crippen molar-refractivity contribution in [3.05, 3.63) is 83.4 Å². The summed E-state index contributed by atoms with van der Waals surface area (Å²) in [6.07, 6.45) is 0. The molecule has 0 amide bonds. The van der Waals surface area contributed by atoms with Gasteiger partial charge in [0.1, 0.15) is 18.9 Å². The smallest absolute Gasteiger partial charge is 0.337 e. The van der Waals surface area contributed by atoms with E-state index in [0.717, 1.165) is 0 Å². The Morgan fingerprint density at radius 1 is 0.906 bits per heavy atom. The van der Waals surface area contributed by atoms with Crippen molar-refractivity contribution in [1.29, 1.82) is 0 Å². The molecule has 7 nitrogen and oxygen atoms in total. The van der Waals surface area contributed by atoms with E-state index in [1.165, 1.54) is 11.4 Å². The van der Waals surface area contributed by atoms with E-state index in [0.29, 0.717) is 52.8 Å². The molecule has 1 aliphatic heterocycles. The predicted molar refractivity (Wildman–Crippen MR) is 120 cm³/mol. The second-order valence-electron chi connectivity index (χ2n) is 6.69. The number of anilines is 2. The van der Waals surface area contributed by atoms with E-state index in [1.807, 2.05) is 0 Å². The van der Waals surface area contributed by atoms with Crippen molar-refractivity contribution in [3.63, 3.8) is 0 Å². The Balaban J connectivity index is 1.73. The lowest BCUT2D eigenvalue weighted by Gasteiger charge is -2.26. The SMILES string of the molecule is COC(=O)c1ccc(C#Cc2ccccc2N(c2cccc3c2OCCO3)[SH](=O)=O)cc1. The standard InChI is InChI=1S/C24H19NO6S/c1-29-24(26)19-13-10-17(11-14-19)9-12-18-5-2-3-6-20(18)25(32(27)28)21-7-4-8-22-23(21)31-16-15-30-22/h2-8,10-11,13-14,32H,15-16H2,1H3. The van der Waals surface area contributed by atoms with Crippen LogP contribution in [0.15, 0.2) is 66.7 Å². The number of ether oxygens (including phenoxy) is 3. The number of esters is 1. The van der Waals surface area contributed by atoms with Crippen LogP contribution in [-0.2, 0) is 15.6 Å². The number of fused-ring (bicyclic) bond motifs is 1. The molecule has 8 heteroatoms. The summed E-state index contributed by atoms with van der Waals surface area (Å²) >= 11 is 0. The second-order valence-corrected chi connectivity index (χ2v) is 7.56. The zero-order valence-electron chi connectivity index (χ0n) is 17.1. The quantitative estimate of drug-likeness (QED) is 0.374. The van der Waals surface area contributed by atoms with Gasteiger partial charge < -0.3 is 14.2 Å². The molecule has 1 heterocycles. The fourth-order valence-corrected chi connectivity index (χ4v) is 3.93. The summed E-state index contributed by atoms with van der Waals surface area (Å²) in [7, 11) is -1.73. The van der Waals surface area contributed by atoms with Gasteiger partial charge in [-0.3, -0.25) is 0 Å². The number of thiol groups is 1. The van der Waals surface area contributed by atoms with Crippen molar-refractivity contribution in [2.45, 2.75) is 0 Å². The summed E-state index contributed by atoms with van der Waals surface area (Å²) in [5.41, 5.74) is 2.35. The van der Waals surface area contributed by atoms with Crippen LogP contribution in [0.25, 0.3) is 0 Å². The fraction of sp³-hybridized carbons (Fsp3) is 0.125. The summed E-state index contributed by atoms with van der Waals surface area (Å²) in [5.74, 6) is 6.48. The molecule has 0 N–H and O–H groups in total. The first-order valence-electron chi connectivity index (χ1n) is 9.71. The topological polar surface area (TPSA) is 82.1 Å². The van der Waals surface area contributed by atoms with Crippen molar-refractivity contribution in [2.24, 2.45) is 0 Å². The second kappa shape index (κ2) is 9.45. The number of carbonyl (C=O) groups excluding carboxylic acids is 1. The molecule has 0 unspecified atom stereocenters. The highest BCUT2D eigenvalue weighted by Crippen LogP contribution is 2.42. The summed E-state index contributed by atoms with van der Waals surface area (Å²) < 4.78 is 41.8. The molecular formula is C24H19NO6S. The number of benzene rings is 3. The van der Waals surface area contributed by atoms with Crippen molar-refractivity contribution < 1.29 is 27.4 Å². The van der Waals surface area contributed by atoms with E-state index in [1.54, 1.807) is 66.7 Å². The van der Waals surface area contributed by atoms with Gasteiger partial charge in [-0.25, -0.2) is 17.5 Å². The molecule has 32 heavy (non-hydrogen) atoms. The summed E-state index contributed by atoms with van der Waals surface area (Å²) in [6.45, 7) is 0.729. The molecule has 3 aromatic rings. The van der Waals surface area contributed by atoms with Crippen LogP contribution in [0.4, 0.5) is 11.4 Å². The molecule has 0 saturated carbocycles. The van der Waals surface area contributed by atoms with E-state index in [-0.39, 0.29) is 0 Å². The van der Waals surface area contributed by atoms with Crippen molar-refractivity contribution in [2.75, 3.05) is 24.6 Å². The molecule has 0 spiro atoms. The Bertz CT molecular complexity index is 1280. The van der Waals surface area contributed by atoms with Gasteiger partial charge in [0.2, 0.25) is 10.9 Å². The lowest BCUT2D eigenvalue weighted by molar-refractivity contribution is 0.0600. The normalized spacial score (nSPS) is 11.9. The molecule has 3 aromatic carbocycles. The molecule has 0 bridgehead atoms. The number of rotatable bonds is 4. The minimum atomic E-state index is -3.05. The number of para-hydroxylation sites is 2. The average molecular weight is 449 g/mol. The van der Waals surface area contributed by atoms with Gasteiger partial charge in [0.25, 0.3) is 0 Å². The Morgan fingerprint density at radius 3 is 2.38 bits per heavy atom. The van der Waals surface area contributed by atoms with Crippen LogP contribution >= 0.6 is 0 Å². The zero-order chi connectivity index (χ0) is 22.5. The molecule has 1 aliphatic rings. The summed E-state index contributed by atoms with van der Waals surface area (Å²) in [4.78, 5) is 11.6. The number of carbonyl (C=O) groups is 1. The monoisotopic (exact) mass is 449 g/mol. The number of methoxy groups -OCH3 is 1. The molecule has 0 fully saturated rings. The van der Waals surface area contributed by atoms with Crippen LogP contribution in [0.1, 0.15) is 21.5 Å². The maximum atomic E-state index is 12.3. The van der Waals surface area contributed by atoms with Crippen LogP contribution in [0.2, 0.25) is 0 Å². The van der Waals surface area contributed by atoms with Gasteiger partial charge in [-0.05, 0) is 48.5 Å². The number of hydrogen-bond donors (Lipinski definition) is 1. The molecular weight excluding hydrogens is 430 g/mol. The van der Waals surface area contributed by atoms with Crippen molar-refractivity contribution >= 4 is 28.2 Å². The minimum absolute atomic E-state index is 0.330. The third-order valence-corrected chi connectivity index (χ3v) is 5.47. The molecule has 162 valence electrons. The van der Waals surface area contributed by atoms with E-state index < -0.39 is 16.9 Å². The third kappa shape index (κ3) is 4.38. The van der Waals surface area contributed by atoms with Gasteiger partial charge in [-0.15, -0.1) is 0 Å². The highest BCUT2D eigenvalue weighted by molar-refractivity contribution is 7.74. The molecule has 0 radical (unpaired) electrons. The zero-order valence-corrected chi connectivity index (χ0v) is 18.0. The maximum Gasteiger partial charge on any atom is 0.337 e. The molecule has 0 saturated heterocycles. The fourth-order valence-electron chi connectivity index (χ4n) is 3.24. The van der Waals surface area contributed by atoms with Crippen LogP contribution < -0.4 is 13.8 Å². The lowest BCUT2D eigenvalue weighted by atomic mass is 10.1. The highest BCUT2D eigenvalue weighted by Gasteiger charge is 2.24. The first-order chi connectivity index (χ1) is 15.6. The van der Waals surface area contributed by atoms with Crippen LogP contribution in [0.3, 0.4) is 0 Å². The minimum Gasteiger partial charge on any atom is -0.486 e. The Morgan fingerprint density at radius 2 is 1.62 bits per heavy atom. The molecule has 4 rings (SSSR count). The Labute approximate surface area is 187 Å². The molecule has 0 aliphatic carbocycles. The maximum absolute atomic E-state index is 12.3. The lowest BCUT2D eigenvalue weighted by Crippen LogP contribution is -2.21. The first kappa shape index (κ1) is 21.3. The molecule has 0 aromatic heterocycles. The number of hydrogen-bond acceptors (Lipinski definition) is 6. The van der Waals surface area contributed by atoms with Gasteiger partial charge in [-0.2, -0.15) is 0 Å².